The lowest BCUT2D eigenvalue weighted by Crippen LogP contribution is -2.27. The van der Waals surface area contributed by atoms with Crippen LogP contribution in [0.5, 0.6) is 5.75 Å². The Kier molecular flexibility index (Phi) is 6.75. The van der Waals surface area contributed by atoms with Gasteiger partial charge in [-0.2, -0.15) is 0 Å². The first-order valence-corrected chi connectivity index (χ1v) is 10.1. The summed E-state index contributed by atoms with van der Waals surface area (Å²) in [7, 11) is -2.14. The highest BCUT2D eigenvalue weighted by Gasteiger charge is 2.20. The van der Waals surface area contributed by atoms with Crippen LogP contribution in [0.1, 0.15) is 10.4 Å². The Hall–Kier alpha value is -1.96. The molecule has 2 rings (SSSR count). The van der Waals surface area contributed by atoms with E-state index < -0.39 is 16.0 Å². The maximum Gasteiger partial charge on any atom is 0.340 e. The summed E-state index contributed by atoms with van der Waals surface area (Å²) >= 11 is 11.8. The Labute approximate surface area is 162 Å². The van der Waals surface area contributed by atoms with Gasteiger partial charge in [0.2, 0.25) is 10.0 Å². The molecule has 0 aliphatic rings. The number of hydrogen-bond donors (Lipinski definition) is 0. The third-order valence-corrected chi connectivity index (χ3v) is 5.15. The molecule has 2 aromatic carbocycles. The number of carbonyl (C=O) groups is 1. The van der Waals surface area contributed by atoms with Crippen LogP contribution in [0.4, 0.5) is 5.69 Å². The normalized spacial score (nSPS) is 11.1. The average Bonchev–Trinajstić information content (AvgIpc) is 2.58. The second-order valence-electron chi connectivity index (χ2n) is 5.31. The van der Waals surface area contributed by atoms with Crippen LogP contribution < -0.4 is 9.04 Å². The number of ether oxygens (including phenoxy) is 2. The predicted octanol–water partition coefficient (Wildman–Crippen LogP) is 3.63. The number of sulfonamides is 1. The number of esters is 1. The summed E-state index contributed by atoms with van der Waals surface area (Å²) < 4.78 is 35.0. The summed E-state index contributed by atoms with van der Waals surface area (Å²) in [6.07, 6.45) is 1.05. The molecule has 0 N–H and O–H groups in total. The van der Waals surface area contributed by atoms with Crippen molar-refractivity contribution >= 4 is 44.9 Å². The Morgan fingerprint density at radius 1 is 1.12 bits per heavy atom. The summed E-state index contributed by atoms with van der Waals surface area (Å²) in [6, 6.07) is 11.1. The van der Waals surface area contributed by atoms with Crippen molar-refractivity contribution in [2.45, 2.75) is 0 Å². The first-order chi connectivity index (χ1) is 12.2. The quantitative estimate of drug-likeness (QED) is 0.507. The van der Waals surface area contributed by atoms with Gasteiger partial charge in [-0.05, 0) is 30.3 Å². The third-order valence-electron chi connectivity index (χ3n) is 3.43. The van der Waals surface area contributed by atoms with E-state index in [1.165, 1.54) is 19.2 Å². The molecule has 0 aromatic heterocycles. The summed E-state index contributed by atoms with van der Waals surface area (Å²) in [5.74, 6) is -0.230. The van der Waals surface area contributed by atoms with Crippen LogP contribution in [0.15, 0.2) is 42.5 Å². The van der Waals surface area contributed by atoms with E-state index >= 15 is 0 Å². The molecular weight excluding hydrogens is 401 g/mol. The molecule has 2 aromatic rings. The van der Waals surface area contributed by atoms with Crippen LogP contribution in [0.25, 0.3) is 0 Å². The fourth-order valence-corrected chi connectivity index (χ4v) is 3.04. The van der Waals surface area contributed by atoms with Gasteiger partial charge in [-0.3, -0.25) is 4.31 Å². The van der Waals surface area contributed by atoms with Crippen LogP contribution in [0.2, 0.25) is 10.0 Å². The maximum absolute atomic E-state index is 12.3. The van der Waals surface area contributed by atoms with E-state index in [0.717, 1.165) is 10.6 Å². The number of benzene rings is 2. The number of halogens is 2. The fourth-order valence-electron chi connectivity index (χ4n) is 2.06. The van der Waals surface area contributed by atoms with Crippen LogP contribution in [0.3, 0.4) is 0 Å². The van der Waals surface area contributed by atoms with E-state index in [0.29, 0.717) is 15.8 Å². The molecule has 0 saturated heterocycles. The van der Waals surface area contributed by atoms with Crippen molar-refractivity contribution in [1.82, 2.24) is 0 Å². The van der Waals surface area contributed by atoms with Gasteiger partial charge in [0.15, 0.2) is 0 Å². The number of nitrogens with zero attached hydrogens (tertiary/aromatic N) is 1. The van der Waals surface area contributed by atoms with E-state index in [1.807, 2.05) is 0 Å². The van der Waals surface area contributed by atoms with Crippen molar-refractivity contribution in [1.29, 1.82) is 0 Å². The standard InChI is InChI=1S/C17H17Cl2NO5S/c1-20(26(2,22)23)15-6-4-3-5-13(15)17(21)25-10-9-24-16-8-7-12(18)11-14(16)19/h3-8,11H,9-10H2,1-2H3. The van der Waals surface area contributed by atoms with Crippen molar-refractivity contribution in [2.24, 2.45) is 0 Å². The molecule has 0 saturated carbocycles. The summed E-state index contributed by atoms with van der Waals surface area (Å²) in [5, 5.41) is 0.837. The monoisotopic (exact) mass is 417 g/mol. The third kappa shape index (κ3) is 5.27. The lowest BCUT2D eigenvalue weighted by molar-refractivity contribution is 0.0451. The van der Waals surface area contributed by atoms with E-state index in [-0.39, 0.29) is 24.5 Å². The number of carbonyl (C=O) groups excluding carboxylic acids is 1. The zero-order valence-corrected chi connectivity index (χ0v) is 16.4. The van der Waals surface area contributed by atoms with E-state index in [1.54, 1.807) is 30.3 Å². The minimum Gasteiger partial charge on any atom is -0.488 e. The van der Waals surface area contributed by atoms with Gasteiger partial charge < -0.3 is 9.47 Å². The zero-order chi connectivity index (χ0) is 19.3. The SMILES string of the molecule is CN(c1ccccc1C(=O)OCCOc1ccc(Cl)cc1Cl)S(C)(=O)=O. The molecule has 0 bridgehead atoms. The van der Waals surface area contributed by atoms with Crippen LogP contribution >= 0.6 is 23.2 Å². The molecule has 0 fully saturated rings. The Bertz CT molecular complexity index is 902. The van der Waals surface area contributed by atoms with Crippen molar-refractivity contribution in [3.8, 4) is 5.75 Å². The van der Waals surface area contributed by atoms with Gasteiger partial charge in [0.05, 0.1) is 22.5 Å². The highest BCUT2D eigenvalue weighted by molar-refractivity contribution is 7.92. The molecule has 140 valence electrons. The smallest absolute Gasteiger partial charge is 0.340 e. The molecule has 0 atom stereocenters. The molecule has 26 heavy (non-hydrogen) atoms. The first kappa shape index (κ1) is 20.4. The van der Waals surface area contributed by atoms with Gasteiger partial charge in [0.25, 0.3) is 0 Å². The topological polar surface area (TPSA) is 72.9 Å². The lowest BCUT2D eigenvalue weighted by atomic mass is 10.2. The predicted molar refractivity (Wildman–Crippen MR) is 102 cm³/mol. The molecule has 0 amide bonds. The summed E-state index contributed by atoms with van der Waals surface area (Å²) in [4.78, 5) is 12.3. The molecular formula is C17H17Cl2NO5S. The minimum absolute atomic E-state index is 0.0330. The highest BCUT2D eigenvalue weighted by atomic mass is 35.5. The van der Waals surface area contributed by atoms with Gasteiger partial charge >= 0.3 is 5.97 Å². The average molecular weight is 418 g/mol. The molecule has 0 aliphatic heterocycles. The Balaban J connectivity index is 1.98. The molecule has 9 heteroatoms. The van der Waals surface area contributed by atoms with Crippen LogP contribution in [0, 0.1) is 0 Å². The Morgan fingerprint density at radius 3 is 2.46 bits per heavy atom. The van der Waals surface area contributed by atoms with Gasteiger partial charge in [0.1, 0.15) is 19.0 Å². The van der Waals surface area contributed by atoms with E-state index in [9.17, 15) is 13.2 Å². The number of hydrogen-bond acceptors (Lipinski definition) is 5. The first-order valence-electron chi connectivity index (χ1n) is 7.48. The van der Waals surface area contributed by atoms with Crippen LogP contribution in [-0.4, -0.2) is 40.9 Å². The molecule has 0 spiro atoms. The Morgan fingerprint density at radius 2 is 1.81 bits per heavy atom. The van der Waals surface area contributed by atoms with Gasteiger partial charge in [-0.25, -0.2) is 13.2 Å². The molecule has 0 aliphatic carbocycles. The van der Waals surface area contributed by atoms with Crippen molar-refractivity contribution < 1.29 is 22.7 Å². The van der Waals surface area contributed by atoms with Crippen molar-refractivity contribution in [3.63, 3.8) is 0 Å². The highest BCUT2D eigenvalue weighted by Crippen LogP contribution is 2.27. The van der Waals surface area contributed by atoms with Gasteiger partial charge in [-0.1, -0.05) is 35.3 Å². The van der Waals surface area contributed by atoms with Crippen molar-refractivity contribution in [2.75, 3.05) is 30.8 Å². The molecule has 0 heterocycles. The van der Waals surface area contributed by atoms with Gasteiger partial charge in [0, 0.05) is 12.1 Å². The second-order valence-corrected chi connectivity index (χ2v) is 8.16. The minimum atomic E-state index is -3.51. The fraction of sp³-hybridized carbons (Fsp3) is 0.235. The summed E-state index contributed by atoms with van der Waals surface area (Å²) in [5.41, 5.74) is 0.381. The molecule has 6 nitrogen and oxygen atoms in total. The largest absolute Gasteiger partial charge is 0.488 e. The number of rotatable bonds is 7. The van der Waals surface area contributed by atoms with Gasteiger partial charge in [-0.15, -0.1) is 0 Å². The van der Waals surface area contributed by atoms with Crippen molar-refractivity contribution in [3.05, 3.63) is 58.1 Å². The molecule has 0 radical (unpaired) electrons. The maximum atomic E-state index is 12.3. The van der Waals surface area contributed by atoms with E-state index in [2.05, 4.69) is 0 Å². The second kappa shape index (κ2) is 8.62. The lowest BCUT2D eigenvalue weighted by Gasteiger charge is -2.19. The summed E-state index contributed by atoms with van der Waals surface area (Å²) in [6.45, 7) is 0.0475. The number of anilines is 1. The number of para-hydroxylation sites is 1. The van der Waals surface area contributed by atoms with E-state index in [4.69, 9.17) is 32.7 Å². The zero-order valence-electron chi connectivity index (χ0n) is 14.1. The molecule has 0 unspecified atom stereocenters. The van der Waals surface area contributed by atoms with Crippen LogP contribution in [-0.2, 0) is 14.8 Å².